The second-order valence-corrected chi connectivity index (χ2v) is 12.0. The van der Waals surface area contributed by atoms with Crippen LogP contribution in [0.1, 0.15) is 31.8 Å². The topological polar surface area (TPSA) is 224 Å². The average molecular weight is 581 g/mol. The van der Waals surface area contributed by atoms with E-state index in [1.165, 1.54) is 36.4 Å². The van der Waals surface area contributed by atoms with E-state index in [4.69, 9.17) is 10.3 Å². The van der Waals surface area contributed by atoms with Crippen molar-refractivity contribution in [2.75, 3.05) is 11.1 Å². The first-order valence-corrected chi connectivity index (χ1v) is 14.5. The molecule has 13 nitrogen and oxygen atoms in total. The lowest BCUT2D eigenvalue weighted by Gasteiger charge is -2.23. The van der Waals surface area contributed by atoms with Crippen molar-refractivity contribution < 1.29 is 48.1 Å². The first-order valence-electron chi connectivity index (χ1n) is 10.2. The van der Waals surface area contributed by atoms with E-state index >= 15 is 0 Å². The highest BCUT2D eigenvalue weighted by molar-refractivity contribution is 7.94. The zero-order valence-corrected chi connectivity index (χ0v) is 21.2. The lowest BCUT2D eigenvalue weighted by Crippen LogP contribution is -2.25. The molecule has 0 saturated heterocycles. The van der Waals surface area contributed by atoms with Crippen molar-refractivity contribution >= 4 is 59.0 Å². The van der Waals surface area contributed by atoms with Crippen molar-refractivity contribution in [1.82, 2.24) is 0 Å². The molecule has 198 valence electrons. The normalized spacial score (nSPS) is 13.7. The van der Waals surface area contributed by atoms with Gasteiger partial charge in [0.25, 0.3) is 10.1 Å². The molecule has 0 saturated carbocycles. The Morgan fingerprint density at radius 1 is 0.816 bits per heavy atom. The van der Waals surface area contributed by atoms with Gasteiger partial charge in [-0.1, -0.05) is 30.3 Å². The molecule has 0 atom stereocenters. The van der Waals surface area contributed by atoms with Gasteiger partial charge in [0.15, 0.2) is 11.6 Å². The fraction of sp³-hybridized carbons (Fsp3) is 0. The van der Waals surface area contributed by atoms with E-state index in [1.807, 2.05) is 0 Å². The molecule has 0 heterocycles. The van der Waals surface area contributed by atoms with Gasteiger partial charge in [-0.05, 0) is 24.3 Å². The Kier molecular flexibility index (Phi) is 6.62. The summed E-state index contributed by atoms with van der Waals surface area (Å²) in [5.41, 5.74) is 4.24. The number of nitrogens with two attached hydrogens (primary N) is 1. The second kappa shape index (κ2) is 9.34. The van der Waals surface area contributed by atoms with Crippen molar-refractivity contribution in [3.8, 4) is 0 Å². The van der Waals surface area contributed by atoms with Crippen LogP contribution in [0.25, 0.3) is 0 Å². The van der Waals surface area contributed by atoms with Gasteiger partial charge in [-0.15, -0.1) is 0 Å². The third-order valence-corrected chi connectivity index (χ3v) is 7.96. The predicted octanol–water partition coefficient (Wildman–Crippen LogP) is 2.10. The van der Waals surface area contributed by atoms with Crippen LogP contribution < -0.4 is 11.1 Å². The van der Waals surface area contributed by atoms with Crippen molar-refractivity contribution in [3.63, 3.8) is 0 Å². The van der Waals surface area contributed by atoms with Gasteiger partial charge >= 0.3 is 10.4 Å². The van der Waals surface area contributed by atoms with Crippen molar-refractivity contribution in [3.05, 3.63) is 88.5 Å². The molecular formula is C22H16N2O11S3. The smallest absolute Gasteiger partial charge is 0.397 e. The number of anilines is 3. The number of hydrogen-bond donors (Lipinski definition) is 4. The Labute approximate surface area is 216 Å². The first kappa shape index (κ1) is 27.0. The number of rotatable bonds is 7. The quantitative estimate of drug-likeness (QED) is 0.140. The number of hydrogen-bond acceptors (Lipinski definition) is 11. The molecule has 1 aliphatic carbocycles. The molecule has 0 spiro atoms. The van der Waals surface area contributed by atoms with E-state index in [0.29, 0.717) is 5.41 Å². The second-order valence-electron chi connectivity index (χ2n) is 7.76. The van der Waals surface area contributed by atoms with E-state index < -0.39 is 63.0 Å². The summed E-state index contributed by atoms with van der Waals surface area (Å²) in [6.07, 6.45) is 0.237. The predicted molar refractivity (Wildman–Crippen MR) is 133 cm³/mol. The zero-order chi connectivity index (χ0) is 28.0. The Morgan fingerprint density at radius 2 is 1.42 bits per heavy atom. The molecule has 0 bridgehead atoms. The summed E-state index contributed by atoms with van der Waals surface area (Å²) < 4.78 is 92.5. The van der Waals surface area contributed by atoms with E-state index in [0.717, 1.165) is 18.2 Å². The Hall–Kier alpha value is -4.09. The third-order valence-electron chi connectivity index (χ3n) is 5.33. The largest absolute Gasteiger partial charge is 0.445 e. The standard InChI is InChI=1S/C22H16N2O11S3/c23-20-17(37(29,30)31)11-16(18-19(20)22(26)15-7-2-1-6-14(15)21(18)25)24-12-4-3-5-13(10-12)36(27,28)9-8-35-38(32,33)34/h1-11,24H,23H2,(H,29,30,31)(H,32,33,34)/b9-8+. The van der Waals surface area contributed by atoms with Crippen LogP contribution in [0.15, 0.2) is 76.1 Å². The molecule has 0 unspecified atom stereocenters. The molecule has 5 N–H and O–H groups in total. The van der Waals surface area contributed by atoms with Gasteiger partial charge in [0.05, 0.1) is 32.8 Å². The van der Waals surface area contributed by atoms with Crippen LogP contribution in [0.2, 0.25) is 0 Å². The molecule has 3 aromatic carbocycles. The number of carbonyl (C=O) groups is 2. The molecule has 4 rings (SSSR count). The third kappa shape index (κ3) is 5.15. The molecular weight excluding hydrogens is 564 g/mol. The number of nitrogen functional groups attached to an aromatic ring is 1. The van der Waals surface area contributed by atoms with Gasteiger partial charge in [-0.2, -0.15) is 16.8 Å². The van der Waals surface area contributed by atoms with Gasteiger partial charge < -0.3 is 15.2 Å². The van der Waals surface area contributed by atoms with E-state index in [-0.39, 0.29) is 34.3 Å². The molecule has 0 amide bonds. The maximum atomic E-state index is 13.4. The van der Waals surface area contributed by atoms with Crippen LogP contribution in [0.5, 0.6) is 0 Å². The van der Waals surface area contributed by atoms with Crippen LogP contribution in [0, 0.1) is 0 Å². The summed E-state index contributed by atoms with van der Waals surface area (Å²) in [4.78, 5) is 25.3. The van der Waals surface area contributed by atoms with Crippen molar-refractivity contribution in [1.29, 1.82) is 0 Å². The van der Waals surface area contributed by atoms with Crippen molar-refractivity contribution in [2.45, 2.75) is 9.79 Å². The lowest BCUT2D eigenvalue weighted by molar-refractivity contribution is 0.0980. The molecule has 1 aliphatic rings. The number of sulfone groups is 1. The number of nitrogens with one attached hydrogen (secondary N) is 1. The average Bonchev–Trinajstić information content (AvgIpc) is 2.82. The summed E-state index contributed by atoms with van der Waals surface area (Å²) in [7, 11) is -14.2. The van der Waals surface area contributed by atoms with Gasteiger partial charge in [0.1, 0.15) is 11.2 Å². The minimum Gasteiger partial charge on any atom is -0.397 e. The highest BCUT2D eigenvalue weighted by Gasteiger charge is 2.36. The van der Waals surface area contributed by atoms with Crippen LogP contribution in [0.4, 0.5) is 17.1 Å². The first-order chi connectivity index (χ1) is 17.6. The van der Waals surface area contributed by atoms with E-state index in [9.17, 15) is 39.4 Å². The molecule has 3 aromatic rings. The Morgan fingerprint density at radius 3 is 2.00 bits per heavy atom. The van der Waals surface area contributed by atoms with Gasteiger partial charge in [-0.3, -0.25) is 18.7 Å². The minimum absolute atomic E-state index is 0.0115. The van der Waals surface area contributed by atoms with Gasteiger partial charge in [0.2, 0.25) is 9.84 Å². The van der Waals surface area contributed by atoms with Crippen LogP contribution in [0.3, 0.4) is 0 Å². The number of ketones is 2. The number of carbonyl (C=O) groups excluding carboxylic acids is 2. The zero-order valence-electron chi connectivity index (χ0n) is 18.7. The minimum atomic E-state index is -4.97. The maximum Gasteiger partial charge on any atom is 0.445 e. The highest BCUT2D eigenvalue weighted by Crippen LogP contribution is 2.40. The summed E-state index contributed by atoms with van der Waals surface area (Å²) >= 11 is 0. The summed E-state index contributed by atoms with van der Waals surface area (Å²) in [6, 6.07) is 11.4. The fourth-order valence-electron chi connectivity index (χ4n) is 3.76. The van der Waals surface area contributed by atoms with Crippen LogP contribution in [-0.4, -0.2) is 45.9 Å². The summed E-state index contributed by atoms with van der Waals surface area (Å²) in [5.74, 6) is -1.44. The molecule has 0 aromatic heterocycles. The number of fused-ring (bicyclic) bond motifs is 2. The molecule has 38 heavy (non-hydrogen) atoms. The summed E-state index contributed by atoms with van der Waals surface area (Å²) in [6.45, 7) is 0. The van der Waals surface area contributed by atoms with Crippen molar-refractivity contribution in [2.24, 2.45) is 0 Å². The molecule has 0 fully saturated rings. The van der Waals surface area contributed by atoms with E-state index in [2.05, 4.69) is 9.50 Å². The van der Waals surface area contributed by atoms with Crippen LogP contribution in [-0.2, 0) is 34.5 Å². The maximum absolute atomic E-state index is 13.4. The SMILES string of the molecule is Nc1c(S(=O)(=O)O)cc(Nc2cccc(S(=O)(=O)/C=C/OS(=O)(=O)O)c2)c2c1C(=O)c1ccccc1C2=O. The highest BCUT2D eigenvalue weighted by atomic mass is 32.3. The van der Waals surface area contributed by atoms with E-state index in [1.54, 1.807) is 0 Å². The monoisotopic (exact) mass is 580 g/mol. The molecule has 16 heteroatoms. The molecule has 0 radical (unpaired) electrons. The lowest BCUT2D eigenvalue weighted by atomic mass is 9.82. The van der Waals surface area contributed by atoms with Gasteiger partial charge in [-0.25, -0.2) is 8.42 Å². The molecule has 0 aliphatic heterocycles. The Balaban J connectivity index is 1.85. The Bertz CT molecular complexity index is 1880. The van der Waals surface area contributed by atoms with Crippen LogP contribution >= 0.6 is 0 Å². The number of benzene rings is 3. The van der Waals surface area contributed by atoms with Gasteiger partial charge in [0, 0.05) is 16.8 Å². The summed E-state index contributed by atoms with van der Waals surface area (Å²) in [5, 5.41) is 3.05. The fourth-order valence-corrected chi connectivity index (χ4v) is 5.59.